The van der Waals surface area contributed by atoms with E-state index in [1.165, 1.54) is 6.08 Å². The molecule has 0 radical (unpaired) electrons. The molecule has 0 saturated carbocycles. The van der Waals surface area contributed by atoms with E-state index in [1.54, 1.807) is 0 Å². The van der Waals surface area contributed by atoms with Crippen LogP contribution in [-0.2, 0) is 9.31 Å². The molecule has 0 bridgehead atoms. The van der Waals surface area contributed by atoms with E-state index in [4.69, 9.17) is 9.31 Å². The van der Waals surface area contributed by atoms with Gasteiger partial charge in [0.1, 0.15) is 0 Å². The van der Waals surface area contributed by atoms with E-state index in [-0.39, 0.29) is 5.56 Å². The molecule has 7 heteroatoms. The van der Waals surface area contributed by atoms with Gasteiger partial charge in [0.25, 0.3) is 0 Å². The maximum atomic E-state index is 13.2. The Morgan fingerprint density at radius 2 is 1.55 bits per heavy atom. The molecule has 1 aromatic rings. The second kappa shape index (κ2) is 5.72. The Morgan fingerprint density at radius 1 is 1.09 bits per heavy atom. The first-order chi connectivity index (χ1) is 10.1. The van der Waals surface area contributed by atoms with Crippen LogP contribution in [0.3, 0.4) is 0 Å². The van der Waals surface area contributed by atoms with Gasteiger partial charge in [0, 0.05) is 0 Å². The van der Waals surface area contributed by atoms with Crippen molar-refractivity contribution in [3.05, 3.63) is 40.6 Å². The molecule has 1 aliphatic rings. The minimum atomic E-state index is -1.53. The lowest BCUT2D eigenvalue weighted by molar-refractivity contribution is 0.00578. The number of halogens is 3. The number of aliphatic hydroxyl groups is 1. The third kappa shape index (κ3) is 3.07. The van der Waals surface area contributed by atoms with Crippen LogP contribution in [0.4, 0.5) is 13.2 Å². The molecule has 0 atom stereocenters. The summed E-state index contributed by atoms with van der Waals surface area (Å²) in [5.74, 6) is -4.12. The predicted octanol–water partition coefficient (Wildman–Crippen LogP) is 3.11. The number of rotatable bonds is 3. The molecule has 3 nitrogen and oxygen atoms in total. The summed E-state index contributed by atoms with van der Waals surface area (Å²) in [6, 6.07) is 1.69. The average Bonchev–Trinajstić information content (AvgIpc) is 2.61. The first-order valence-electron chi connectivity index (χ1n) is 6.89. The molecule has 1 N–H and O–H groups in total. The molecule has 1 aromatic carbocycles. The van der Waals surface area contributed by atoms with Gasteiger partial charge >= 0.3 is 7.12 Å². The number of hydrogen-bond donors (Lipinski definition) is 1. The summed E-state index contributed by atoms with van der Waals surface area (Å²) in [4.78, 5) is 0. The topological polar surface area (TPSA) is 38.7 Å². The van der Waals surface area contributed by atoms with Crippen LogP contribution < -0.4 is 0 Å². The van der Waals surface area contributed by atoms with Crippen molar-refractivity contribution in [1.29, 1.82) is 0 Å². The molecule has 0 amide bonds. The molecule has 1 fully saturated rings. The molecule has 22 heavy (non-hydrogen) atoms. The standard InChI is InChI=1S/C15H18BF3O3/c1-14(2)15(3,4)22-16(21-14)10(8-20)5-9-6-11(17)13(19)12(18)7-9/h5-7,20H,8H2,1-4H3. The van der Waals surface area contributed by atoms with Crippen LogP contribution in [0.15, 0.2) is 17.6 Å². The highest BCUT2D eigenvalue weighted by molar-refractivity contribution is 6.55. The molecule has 0 spiro atoms. The van der Waals surface area contributed by atoms with Gasteiger partial charge in [-0.05, 0) is 50.9 Å². The first-order valence-corrected chi connectivity index (χ1v) is 6.89. The van der Waals surface area contributed by atoms with Crippen molar-refractivity contribution in [1.82, 2.24) is 0 Å². The van der Waals surface area contributed by atoms with E-state index in [1.807, 2.05) is 27.7 Å². The van der Waals surface area contributed by atoms with E-state index in [0.29, 0.717) is 5.47 Å². The van der Waals surface area contributed by atoms with E-state index in [0.717, 1.165) is 12.1 Å². The molecule has 2 rings (SSSR count). The Hall–Kier alpha value is -1.31. The van der Waals surface area contributed by atoms with Crippen LogP contribution in [0.2, 0.25) is 0 Å². The monoisotopic (exact) mass is 314 g/mol. The zero-order valence-corrected chi connectivity index (χ0v) is 12.9. The molecule has 120 valence electrons. The second-order valence-corrected chi connectivity index (χ2v) is 6.26. The maximum Gasteiger partial charge on any atom is 0.492 e. The van der Waals surface area contributed by atoms with Gasteiger partial charge < -0.3 is 14.4 Å². The van der Waals surface area contributed by atoms with Gasteiger partial charge in [-0.3, -0.25) is 0 Å². The lowest BCUT2D eigenvalue weighted by Crippen LogP contribution is -2.41. The van der Waals surface area contributed by atoms with E-state index >= 15 is 0 Å². The molecule has 1 heterocycles. The summed E-state index contributed by atoms with van der Waals surface area (Å²) in [7, 11) is -0.842. The van der Waals surface area contributed by atoms with Crippen LogP contribution in [0, 0.1) is 17.5 Å². The average molecular weight is 314 g/mol. The Balaban J connectivity index is 2.34. The van der Waals surface area contributed by atoms with Crippen molar-refractivity contribution in [2.24, 2.45) is 0 Å². The summed E-state index contributed by atoms with van der Waals surface area (Å²) >= 11 is 0. The fourth-order valence-corrected chi connectivity index (χ4v) is 2.06. The van der Waals surface area contributed by atoms with Gasteiger partial charge in [0.05, 0.1) is 17.8 Å². The normalized spacial score (nSPS) is 20.5. The Bertz CT molecular complexity index is 575. The van der Waals surface area contributed by atoms with Gasteiger partial charge in [0.2, 0.25) is 0 Å². The summed E-state index contributed by atoms with van der Waals surface area (Å²) in [5.41, 5.74) is -0.838. The smallest absolute Gasteiger partial charge is 0.400 e. The Kier molecular flexibility index (Phi) is 4.43. The van der Waals surface area contributed by atoms with E-state index < -0.39 is 42.4 Å². The highest BCUT2D eigenvalue weighted by Crippen LogP contribution is 2.38. The predicted molar refractivity (Wildman–Crippen MR) is 77.5 cm³/mol. The largest absolute Gasteiger partial charge is 0.492 e. The van der Waals surface area contributed by atoms with Crippen LogP contribution in [-0.4, -0.2) is 30.0 Å². The third-order valence-electron chi connectivity index (χ3n) is 4.10. The summed E-state index contributed by atoms with van der Waals surface area (Å²) < 4.78 is 51.0. The van der Waals surface area contributed by atoms with Crippen molar-refractivity contribution >= 4 is 13.2 Å². The van der Waals surface area contributed by atoms with Crippen molar-refractivity contribution in [3.63, 3.8) is 0 Å². The van der Waals surface area contributed by atoms with Crippen molar-refractivity contribution < 1.29 is 27.6 Å². The van der Waals surface area contributed by atoms with E-state index in [2.05, 4.69) is 0 Å². The lowest BCUT2D eigenvalue weighted by Gasteiger charge is -2.32. The molecule has 0 aromatic heterocycles. The van der Waals surface area contributed by atoms with Crippen molar-refractivity contribution in [2.75, 3.05) is 6.61 Å². The number of benzene rings is 1. The second-order valence-electron chi connectivity index (χ2n) is 6.26. The first kappa shape index (κ1) is 17.1. The SMILES string of the molecule is CC1(C)OB(C(=Cc2cc(F)c(F)c(F)c2)CO)OC1(C)C. The van der Waals surface area contributed by atoms with Gasteiger partial charge in [-0.15, -0.1) is 0 Å². The van der Waals surface area contributed by atoms with Crippen molar-refractivity contribution in [2.45, 2.75) is 38.9 Å². The highest BCUT2D eigenvalue weighted by Gasteiger charge is 2.52. The fraction of sp³-hybridized carbons (Fsp3) is 0.467. The van der Waals surface area contributed by atoms with Crippen molar-refractivity contribution in [3.8, 4) is 0 Å². The minimum absolute atomic E-state index is 0.0789. The Labute approximate surface area is 127 Å². The zero-order valence-electron chi connectivity index (χ0n) is 12.9. The molecular formula is C15H18BF3O3. The summed E-state index contributed by atoms with van der Waals surface area (Å²) in [5, 5.41) is 9.49. The van der Waals surface area contributed by atoms with Gasteiger partial charge in [-0.25, -0.2) is 13.2 Å². The molecule has 0 aliphatic carbocycles. The number of hydrogen-bond acceptors (Lipinski definition) is 3. The molecular weight excluding hydrogens is 296 g/mol. The minimum Gasteiger partial charge on any atom is -0.400 e. The highest BCUT2D eigenvalue weighted by atomic mass is 19.2. The lowest BCUT2D eigenvalue weighted by atomic mass is 9.77. The van der Waals surface area contributed by atoms with Crippen LogP contribution in [0.5, 0.6) is 0 Å². The number of aliphatic hydroxyl groups excluding tert-OH is 1. The van der Waals surface area contributed by atoms with Crippen LogP contribution >= 0.6 is 0 Å². The third-order valence-corrected chi connectivity index (χ3v) is 4.10. The van der Waals surface area contributed by atoms with Gasteiger partial charge in [0.15, 0.2) is 17.5 Å². The summed E-state index contributed by atoms with van der Waals surface area (Å²) in [6.07, 6.45) is 1.33. The Morgan fingerprint density at radius 3 is 1.95 bits per heavy atom. The molecule has 1 saturated heterocycles. The summed E-state index contributed by atoms with van der Waals surface area (Å²) in [6.45, 7) is 6.97. The zero-order chi connectivity index (χ0) is 16.7. The quantitative estimate of drug-likeness (QED) is 0.688. The fourth-order valence-electron chi connectivity index (χ4n) is 2.06. The van der Waals surface area contributed by atoms with Crippen LogP contribution in [0.1, 0.15) is 33.3 Å². The van der Waals surface area contributed by atoms with Gasteiger partial charge in [-0.2, -0.15) is 0 Å². The molecule has 1 aliphatic heterocycles. The van der Waals surface area contributed by atoms with Gasteiger partial charge in [-0.1, -0.05) is 6.08 Å². The van der Waals surface area contributed by atoms with E-state index in [9.17, 15) is 18.3 Å². The molecule has 0 unspecified atom stereocenters. The maximum absolute atomic E-state index is 13.2. The van der Waals surface area contributed by atoms with Crippen LogP contribution in [0.25, 0.3) is 6.08 Å².